The maximum Gasteiger partial charge on any atom is 0.122 e. The Kier molecular flexibility index (Phi) is 7.14. The summed E-state index contributed by atoms with van der Waals surface area (Å²) >= 11 is 0. The minimum Gasteiger partial charge on any atom is -0.493 e. The molecule has 5 heteroatoms. The van der Waals surface area contributed by atoms with Crippen LogP contribution in [-0.2, 0) is 24.2 Å². The molecule has 1 fully saturated rings. The van der Waals surface area contributed by atoms with Crippen LogP contribution in [0.4, 0.5) is 0 Å². The number of pyridine rings is 1. The highest BCUT2D eigenvalue weighted by atomic mass is 16.5. The van der Waals surface area contributed by atoms with Gasteiger partial charge in [0, 0.05) is 52.1 Å². The van der Waals surface area contributed by atoms with E-state index in [0.29, 0.717) is 0 Å². The molecule has 4 rings (SSSR count). The van der Waals surface area contributed by atoms with Crippen molar-refractivity contribution in [2.45, 2.75) is 32.4 Å². The predicted octanol–water partition coefficient (Wildman–Crippen LogP) is 3.38. The molecule has 1 aromatic carbocycles. The van der Waals surface area contributed by atoms with Gasteiger partial charge in [-0.3, -0.25) is 9.88 Å². The van der Waals surface area contributed by atoms with Crippen molar-refractivity contribution in [2.75, 3.05) is 46.5 Å². The molecule has 0 radical (unpaired) electrons. The second-order valence-electron chi connectivity index (χ2n) is 8.34. The summed E-state index contributed by atoms with van der Waals surface area (Å²) in [6, 6.07) is 11.0. The molecule has 1 aromatic heterocycles. The normalized spacial score (nSPS) is 17.4. The number of aromatic nitrogens is 1. The summed E-state index contributed by atoms with van der Waals surface area (Å²) in [6.07, 6.45) is 7.37. The minimum absolute atomic E-state index is 0.758. The first-order valence-electron chi connectivity index (χ1n) is 10.9. The lowest BCUT2D eigenvalue weighted by Gasteiger charge is -2.35. The summed E-state index contributed by atoms with van der Waals surface area (Å²) < 4.78 is 10.9. The van der Waals surface area contributed by atoms with Gasteiger partial charge in [0.05, 0.1) is 13.2 Å². The van der Waals surface area contributed by atoms with Crippen LogP contribution in [0.5, 0.6) is 5.75 Å². The third-order valence-electron chi connectivity index (χ3n) is 6.15. The van der Waals surface area contributed by atoms with Crippen molar-refractivity contribution in [2.24, 2.45) is 5.92 Å². The van der Waals surface area contributed by atoms with Crippen LogP contribution in [0.3, 0.4) is 0 Å². The highest BCUT2D eigenvalue weighted by Gasteiger charge is 2.22. The van der Waals surface area contributed by atoms with Gasteiger partial charge in [-0.25, -0.2) is 0 Å². The van der Waals surface area contributed by atoms with Crippen LogP contribution in [0.2, 0.25) is 0 Å². The first-order chi connectivity index (χ1) is 14.3. The van der Waals surface area contributed by atoms with E-state index in [1.54, 1.807) is 7.11 Å². The second-order valence-corrected chi connectivity index (χ2v) is 8.34. The molecule has 29 heavy (non-hydrogen) atoms. The highest BCUT2D eigenvalue weighted by molar-refractivity contribution is 5.39. The monoisotopic (exact) mass is 395 g/mol. The van der Waals surface area contributed by atoms with Gasteiger partial charge in [0.1, 0.15) is 5.75 Å². The third-order valence-corrected chi connectivity index (χ3v) is 6.15. The molecule has 2 aliphatic rings. The molecule has 5 nitrogen and oxygen atoms in total. The molecule has 0 N–H and O–H groups in total. The van der Waals surface area contributed by atoms with Crippen LogP contribution in [0, 0.1) is 5.92 Å². The minimum atomic E-state index is 0.758. The average molecular weight is 396 g/mol. The molecule has 0 atom stereocenters. The molecular formula is C24H33N3O2. The van der Waals surface area contributed by atoms with Gasteiger partial charge in [0.15, 0.2) is 0 Å². The van der Waals surface area contributed by atoms with Gasteiger partial charge in [0.2, 0.25) is 0 Å². The SMILES string of the molecule is COCCN1CCC(CN(Cc2ccncc2)Cc2ccc3c(c2)CCO3)CC1. The summed E-state index contributed by atoms with van der Waals surface area (Å²) in [7, 11) is 1.79. The van der Waals surface area contributed by atoms with Crippen molar-refractivity contribution in [1.82, 2.24) is 14.8 Å². The van der Waals surface area contributed by atoms with E-state index >= 15 is 0 Å². The molecule has 0 aliphatic carbocycles. The number of hydrogen-bond donors (Lipinski definition) is 0. The zero-order valence-corrected chi connectivity index (χ0v) is 17.6. The Bertz CT molecular complexity index is 760. The molecule has 0 amide bonds. The summed E-state index contributed by atoms with van der Waals surface area (Å²) in [5, 5.41) is 0. The fraction of sp³-hybridized carbons (Fsp3) is 0.542. The lowest BCUT2D eigenvalue weighted by molar-refractivity contribution is 0.104. The standard InChI is InChI=1S/C24H33N3O2/c1-28-15-13-26-11-6-21(7-12-26)18-27(17-20-4-9-25-10-5-20)19-22-2-3-24-23(16-22)8-14-29-24/h2-5,9-10,16,21H,6-8,11-15,17-19H2,1H3. The Morgan fingerprint density at radius 3 is 2.69 bits per heavy atom. The van der Waals surface area contributed by atoms with Crippen molar-refractivity contribution in [3.63, 3.8) is 0 Å². The van der Waals surface area contributed by atoms with E-state index in [9.17, 15) is 0 Å². The first kappa shape index (κ1) is 20.3. The molecule has 156 valence electrons. The topological polar surface area (TPSA) is 37.8 Å². The van der Waals surface area contributed by atoms with Gasteiger partial charge in [-0.05, 0) is 66.7 Å². The zero-order chi connectivity index (χ0) is 19.9. The second kappa shape index (κ2) is 10.2. The average Bonchev–Trinajstić information content (AvgIpc) is 3.22. The largest absolute Gasteiger partial charge is 0.493 e. The molecule has 1 saturated heterocycles. The van der Waals surface area contributed by atoms with Crippen molar-refractivity contribution >= 4 is 0 Å². The summed E-state index contributed by atoms with van der Waals surface area (Å²) in [4.78, 5) is 9.33. The molecule has 2 aliphatic heterocycles. The predicted molar refractivity (Wildman–Crippen MR) is 115 cm³/mol. The van der Waals surface area contributed by atoms with E-state index in [0.717, 1.165) is 57.5 Å². The number of nitrogens with zero attached hydrogens (tertiary/aromatic N) is 3. The van der Waals surface area contributed by atoms with Gasteiger partial charge in [-0.2, -0.15) is 0 Å². The van der Waals surface area contributed by atoms with Gasteiger partial charge in [-0.15, -0.1) is 0 Å². The maximum absolute atomic E-state index is 5.68. The van der Waals surface area contributed by atoms with E-state index in [-0.39, 0.29) is 0 Å². The van der Waals surface area contributed by atoms with Crippen molar-refractivity contribution in [1.29, 1.82) is 0 Å². The first-order valence-corrected chi connectivity index (χ1v) is 10.9. The van der Waals surface area contributed by atoms with Crippen molar-refractivity contribution in [3.05, 3.63) is 59.4 Å². The van der Waals surface area contributed by atoms with Gasteiger partial charge < -0.3 is 14.4 Å². The Morgan fingerprint density at radius 2 is 1.90 bits per heavy atom. The summed E-state index contributed by atoms with van der Waals surface area (Å²) in [5.74, 6) is 1.83. The molecule has 0 bridgehead atoms. The molecule has 0 saturated carbocycles. The summed E-state index contributed by atoms with van der Waals surface area (Å²) in [6.45, 7) is 8.19. The van der Waals surface area contributed by atoms with E-state index in [4.69, 9.17) is 9.47 Å². The van der Waals surface area contributed by atoms with Gasteiger partial charge in [0.25, 0.3) is 0 Å². The quantitative estimate of drug-likeness (QED) is 0.651. The van der Waals surface area contributed by atoms with Crippen molar-refractivity contribution < 1.29 is 9.47 Å². The Balaban J connectivity index is 1.39. The number of rotatable bonds is 9. The number of benzene rings is 1. The van der Waals surface area contributed by atoms with E-state index in [2.05, 4.69) is 45.1 Å². The Morgan fingerprint density at radius 1 is 1.10 bits per heavy atom. The van der Waals surface area contributed by atoms with E-state index < -0.39 is 0 Å². The third kappa shape index (κ3) is 5.78. The zero-order valence-electron chi connectivity index (χ0n) is 17.6. The summed E-state index contributed by atoms with van der Waals surface area (Å²) in [5.41, 5.74) is 4.08. The molecule has 3 heterocycles. The van der Waals surface area contributed by atoms with Crippen LogP contribution >= 0.6 is 0 Å². The molecule has 0 unspecified atom stereocenters. The highest BCUT2D eigenvalue weighted by Crippen LogP contribution is 2.27. The van der Waals surface area contributed by atoms with Crippen LogP contribution < -0.4 is 4.74 Å². The maximum atomic E-state index is 5.68. The van der Waals surface area contributed by atoms with Gasteiger partial charge in [-0.1, -0.05) is 12.1 Å². The lowest BCUT2D eigenvalue weighted by Crippen LogP contribution is -2.39. The van der Waals surface area contributed by atoms with Crippen LogP contribution in [0.1, 0.15) is 29.5 Å². The molecule has 2 aromatic rings. The molecule has 0 spiro atoms. The van der Waals surface area contributed by atoms with E-state index in [1.165, 1.54) is 42.6 Å². The van der Waals surface area contributed by atoms with Crippen LogP contribution in [0.15, 0.2) is 42.7 Å². The number of methoxy groups -OCH3 is 1. The number of fused-ring (bicyclic) bond motifs is 1. The fourth-order valence-electron chi connectivity index (χ4n) is 4.51. The van der Waals surface area contributed by atoms with Crippen molar-refractivity contribution in [3.8, 4) is 5.75 Å². The molecular weight excluding hydrogens is 362 g/mol. The van der Waals surface area contributed by atoms with Crippen LogP contribution in [-0.4, -0.2) is 61.3 Å². The Labute approximate surface area is 174 Å². The Hall–Kier alpha value is -1.95. The van der Waals surface area contributed by atoms with Gasteiger partial charge >= 0.3 is 0 Å². The number of piperidine rings is 1. The smallest absolute Gasteiger partial charge is 0.122 e. The van der Waals surface area contributed by atoms with Crippen LogP contribution in [0.25, 0.3) is 0 Å². The number of likely N-dealkylation sites (tertiary alicyclic amines) is 1. The fourth-order valence-corrected chi connectivity index (χ4v) is 4.51. The van der Waals surface area contributed by atoms with E-state index in [1.807, 2.05) is 12.4 Å². The lowest BCUT2D eigenvalue weighted by atomic mass is 9.95. The number of ether oxygens (including phenoxy) is 2. The number of hydrogen-bond acceptors (Lipinski definition) is 5.